The Morgan fingerprint density at radius 3 is 2.27 bits per heavy atom. The van der Waals surface area contributed by atoms with Crippen molar-refractivity contribution in [2.45, 2.75) is 118 Å². The molecule has 262 valence electrons. The minimum Gasteiger partial charge on any atom is -0.481 e. The first-order valence-electron chi connectivity index (χ1n) is 18.5. The van der Waals surface area contributed by atoms with Gasteiger partial charge in [-0.15, -0.1) is 0 Å². The SMILES string of the molecule is C=C(C)[C@@H]1CC[C@]2(C(=O)NCC(=O)NC(CC(=O)O)c3ccccc3)CC[C@]3(C)C(CCC4[C@@]5(C)CCC(=O)C(C)(C)C5CC[C@]43C)C12. The number of Topliss-reactive ketones (excluding diaryl/α,β-unsaturated/α-hetero) is 1. The van der Waals surface area contributed by atoms with E-state index in [0.29, 0.717) is 30.0 Å². The molecule has 5 aliphatic carbocycles. The molecule has 5 unspecified atom stereocenters. The van der Waals surface area contributed by atoms with Gasteiger partial charge < -0.3 is 15.7 Å². The molecular weight excluding hydrogens is 600 g/mol. The van der Waals surface area contributed by atoms with E-state index in [2.05, 4.69) is 58.8 Å². The van der Waals surface area contributed by atoms with Gasteiger partial charge in [-0.1, -0.05) is 77.1 Å². The smallest absolute Gasteiger partial charge is 0.305 e. The Kier molecular flexibility index (Phi) is 8.81. The highest BCUT2D eigenvalue weighted by Gasteiger charge is 2.71. The number of carbonyl (C=O) groups is 4. The second-order valence-corrected chi connectivity index (χ2v) is 17.8. The van der Waals surface area contributed by atoms with Gasteiger partial charge in [-0.05, 0) is 116 Å². The molecule has 7 heteroatoms. The zero-order valence-electron chi connectivity index (χ0n) is 30.1. The van der Waals surface area contributed by atoms with E-state index in [1.54, 1.807) is 0 Å². The van der Waals surface area contributed by atoms with Crippen LogP contribution in [0.1, 0.15) is 124 Å². The number of carboxylic acid groups (broad SMARTS) is 1. The van der Waals surface area contributed by atoms with Gasteiger partial charge >= 0.3 is 5.97 Å². The lowest BCUT2D eigenvalue weighted by Crippen LogP contribution is -2.67. The average molecular weight is 659 g/mol. The third kappa shape index (κ3) is 5.19. The molecule has 0 bridgehead atoms. The van der Waals surface area contributed by atoms with E-state index in [4.69, 9.17) is 0 Å². The van der Waals surface area contributed by atoms with Crippen LogP contribution in [0.25, 0.3) is 0 Å². The Morgan fingerprint density at radius 1 is 0.896 bits per heavy atom. The quantitative estimate of drug-likeness (QED) is 0.248. The van der Waals surface area contributed by atoms with E-state index in [9.17, 15) is 24.3 Å². The van der Waals surface area contributed by atoms with Crippen LogP contribution in [0.3, 0.4) is 0 Å². The van der Waals surface area contributed by atoms with Gasteiger partial charge in [0.05, 0.1) is 24.4 Å². The molecule has 5 fully saturated rings. The number of aliphatic carboxylic acids is 1. The van der Waals surface area contributed by atoms with Crippen LogP contribution in [0, 0.1) is 56.7 Å². The first kappa shape index (κ1) is 34.9. The Morgan fingerprint density at radius 2 is 1.60 bits per heavy atom. The normalized spacial score (nSPS) is 40.3. The third-order valence-electron chi connectivity index (χ3n) is 15.6. The fourth-order valence-corrected chi connectivity index (χ4v) is 13.0. The first-order chi connectivity index (χ1) is 22.5. The Hall–Kier alpha value is -2.96. The minimum atomic E-state index is -0.997. The predicted molar refractivity (Wildman–Crippen MR) is 187 cm³/mol. The number of hydrogen-bond donors (Lipinski definition) is 3. The highest BCUT2D eigenvalue weighted by Crippen LogP contribution is 2.77. The van der Waals surface area contributed by atoms with Crippen LogP contribution in [0.4, 0.5) is 0 Å². The van der Waals surface area contributed by atoms with Gasteiger partial charge in [0.15, 0.2) is 0 Å². The van der Waals surface area contributed by atoms with Crippen molar-refractivity contribution >= 4 is 23.6 Å². The number of allylic oxidation sites excluding steroid dienone is 1. The molecule has 1 aromatic rings. The maximum absolute atomic E-state index is 14.4. The van der Waals surface area contributed by atoms with Crippen molar-refractivity contribution in [3.63, 3.8) is 0 Å². The molecule has 1 aromatic carbocycles. The number of carboxylic acids is 1. The van der Waals surface area contributed by atoms with E-state index >= 15 is 0 Å². The molecular formula is C41H58N2O5. The number of amides is 2. The number of hydrogen-bond acceptors (Lipinski definition) is 4. The molecule has 7 nitrogen and oxygen atoms in total. The fourth-order valence-electron chi connectivity index (χ4n) is 13.0. The standard InChI is InChI=1S/C41H58N2O5/c1-25(2)27-15-20-41(36(48)42-24-33(45)43-29(23-34(46)47)26-11-9-8-10-12-26)22-21-39(6)28(35(27)41)13-14-31-38(5)18-17-32(44)37(3,4)30(38)16-19-40(31,39)7/h8-12,27-31,35H,1,13-24H2,2-7H3,(H,42,48)(H,43,45)(H,46,47)/t27-,28?,29?,30?,31?,35?,38-,39+,40+,41-/m0/s1. The van der Waals surface area contributed by atoms with Crippen molar-refractivity contribution in [2.75, 3.05) is 6.54 Å². The topological polar surface area (TPSA) is 113 Å². The molecule has 0 saturated heterocycles. The van der Waals surface area contributed by atoms with Gasteiger partial charge in [0.25, 0.3) is 0 Å². The van der Waals surface area contributed by atoms with Crippen LogP contribution in [-0.4, -0.2) is 35.2 Å². The lowest BCUT2D eigenvalue weighted by atomic mass is 9.32. The second-order valence-electron chi connectivity index (χ2n) is 17.8. The molecule has 3 N–H and O–H groups in total. The zero-order valence-corrected chi connectivity index (χ0v) is 30.1. The summed E-state index contributed by atoms with van der Waals surface area (Å²) in [5, 5.41) is 15.4. The third-order valence-corrected chi connectivity index (χ3v) is 15.6. The van der Waals surface area contributed by atoms with Gasteiger partial charge in [0, 0.05) is 11.8 Å². The highest BCUT2D eigenvalue weighted by molar-refractivity contribution is 5.89. The summed E-state index contributed by atoms with van der Waals surface area (Å²) in [7, 11) is 0. The molecule has 5 saturated carbocycles. The Bertz CT molecular complexity index is 1490. The zero-order chi connectivity index (χ0) is 34.9. The van der Waals surface area contributed by atoms with Crippen molar-refractivity contribution in [3.05, 3.63) is 48.0 Å². The monoisotopic (exact) mass is 658 g/mol. The van der Waals surface area contributed by atoms with Gasteiger partial charge in [-0.2, -0.15) is 0 Å². The van der Waals surface area contributed by atoms with Crippen molar-refractivity contribution < 1.29 is 24.3 Å². The van der Waals surface area contributed by atoms with Crippen molar-refractivity contribution in [1.82, 2.24) is 10.6 Å². The molecule has 0 spiro atoms. The molecule has 0 heterocycles. The van der Waals surface area contributed by atoms with Crippen molar-refractivity contribution in [3.8, 4) is 0 Å². The largest absolute Gasteiger partial charge is 0.481 e. The summed E-state index contributed by atoms with van der Waals surface area (Å²) in [5.74, 6) is 0.816. The number of ketones is 1. The fraction of sp³-hybridized carbons (Fsp3) is 0.707. The van der Waals surface area contributed by atoms with Crippen LogP contribution < -0.4 is 10.6 Å². The summed E-state index contributed by atoms with van der Waals surface area (Å²) in [4.78, 5) is 52.4. The van der Waals surface area contributed by atoms with Crippen molar-refractivity contribution in [2.24, 2.45) is 56.7 Å². The number of rotatable bonds is 8. The summed E-state index contributed by atoms with van der Waals surface area (Å²) in [6.07, 6.45) is 9.43. The van der Waals surface area contributed by atoms with E-state index in [1.165, 1.54) is 0 Å². The van der Waals surface area contributed by atoms with Crippen LogP contribution in [0.2, 0.25) is 0 Å². The summed E-state index contributed by atoms with van der Waals surface area (Å²) >= 11 is 0. The highest BCUT2D eigenvalue weighted by atomic mass is 16.4. The predicted octanol–water partition coefficient (Wildman–Crippen LogP) is 7.66. The van der Waals surface area contributed by atoms with Gasteiger partial charge in [0.1, 0.15) is 5.78 Å². The average Bonchev–Trinajstić information content (AvgIpc) is 3.43. The summed E-state index contributed by atoms with van der Waals surface area (Å²) in [6.45, 7) is 18.4. The molecule has 5 aliphatic rings. The molecule has 0 radical (unpaired) electrons. The van der Waals surface area contributed by atoms with E-state index in [0.717, 1.165) is 68.9 Å². The van der Waals surface area contributed by atoms with Gasteiger partial charge in [0.2, 0.25) is 11.8 Å². The van der Waals surface area contributed by atoms with Crippen LogP contribution in [0.5, 0.6) is 0 Å². The van der Waals surface area contributed by atoms with Crippen molar-refractivity contribution in [1.29, 1.82) is 0 Å². The van der Waals surface area contributed by atoms with E-state index in [-0.39, 0.29) is 58.3 Å². The lowest BCUT2D eigenvalue weighted by Gasteiger charge is -2.72. The maximum Gasteiger partial charge on any atom is 0.305 e. The number of benzene rings is 1. The Balaban J connectivity index is 1.24. The van der Waals surface area contributed by atoms with Crippen LogP contribution >= 0.6 is 0 Å². The van der Waals surface area contributed by atoms with Gasteiger partial charge in [-0.25, -0.2) is 0 Å². The Labute approximate surface area is 287 Å². The number of fused-ring (bicyclic) bond motifs is 7. The first-order valence-corrected chi connectivity index (χ1v) is 18.5. The second kappa shape index (κ2) is 12.1. The lowest BCUT2D eigenvalue weighted by molar-refractivity contribution is -0.233. The van der Waals surface area contributed by atoms with E-state index < -0.39 is 17.4 Å². The minimum absolute atomic E-state index is 0.0292. The van der Waals surface area contributed by atoms with E-state index in [1.807, 2.05) is 30.3 Å². The number of nitrogens with one attached hydrogen (secondary N) is 2. The van der Waals surface area contributed by atoms with Gasteiger partial charge in [-0.3, -0.25) is 19.2 Å². The van der Waals surface area contributed by atoms with Crippen LogP contribution in [0.15, 0.2) is 42.5 Å². The number of carbonyl (C=O) groups excluding carboxylic acids is 3. The molecule has 48 heavy (non-hydrogen) atoms. The summed E-state index contributed by atoms with van der Waals surface area (Å²) in [6, 6.07) is 8.44. The molecule has 0 aliphatic heterocycles. The summed E-state index contributed by atoms with van der Waals surface area (Å²) < 4.78 is 0. The maximum atomic E-state index is 14.4. The molecule has 0 aromatic heterocycles. The summed E-state index contributed by atoms with van der Waals surface area (Å²) in [5.41, 5.74) is 1.39. The van der Waals surface area contributed by atoms with Crippen LogP contribution in [-0.2, 0) is 19.2 Å². The molecule has 10 atom stereocenters. The molecule has 2 amide bonds. The molecule has 6 rings (SSSR count).